The molecule has 2 saturated carbocycles. The predicted molar refractivity (Wildman–Crippen MR) is 136 cm³/mol. The standard InChI is InChI=1S/C30H37NO4/c1-18(32)30(35-19(2)33)15-14-27-25-12-8-21-16-23(34)11-13-24(21)28(25)26(17-29(27,30)3)20-6-9-22(10-7-20)31(4)5/h6-7,9-10,16,25-27H,8,11-15,17H2,1-5H3/t25-,26+,27+,29-,30-/m0/s1. The van der Waals surface area contributed by atoms with Crippen molar-refractivity contribution in [1.29, 1.82) is 0 Å². The zero-order valence-corrected chi connectivity index (χ0v) is 21.6. The summed E-state index contributed by atoms with van der Waals surface area (Å²) >= 11 is 0. The zero-order chi connectivity index (χ0) is 25.1. The van der Waals surface area contributed by atoms with E-state index < -0.39 is 11.0 Å². The lowest BCUT2D eigenvalue weighted by molar-refractivity contribution is -0.182. The van der Waals surface area contributed by atoms with Gasteiger partial charge in [0.25, 0.3) is 0 Å². The molecule has 0 heterocycles. The van der Waals surface area contributed by atoms with Crippen LogP contribution in [0.15, 0.2) is 47.1 Å². The fourth-order valence-electron chi connectivity index (χ4n) is 8.02. The SMILES string of the molecule is CC(=O)O[C@]1(C(C)=O)CC[C@@H]2[C@@H]3CCC4=CC(=O)CCC4=C3[C@@H](c3ccc(N(C)C)cc3)C[C@@]21C. The quantitative estimate of drug-likeness (QED) is 0.535. The molecule has 0 aliphatic heterocycles. The Hall–Kier alpha value is -2.69. The van der Waals surface area contributed by atoms with Gasteiger partial charge in [0.05, 0.1) is 0 Å². The average molecular weight is 476 g/mol. The minimum atomic E-state index is -1.07. The molecular weight excluding hydrogens is 438 g/mol. The van der Waals surface area contributed by atoms with Crippen LogP contribution in [0.2, 0.25) is 0 Å². The number of esters is 1. The highest BCUT2D eigenvalue weighted by Crippen LogP contribution is 2.67. The van der Waals surface area contributed by atoms with E-state index in [9.17, 15) is 14.4 Å². The van der Waals surface area contributed by atoms with Crippen LogP contribution in [-0.4, -0.2) is 37.2 Å². The van der Waals surface area contributed by atoms with Crippen LogP contribution in [0.25, 0.3) is 0 Å². The molecule has 5 rings (SSSR count). The minimum Gasteiger partial charge on any atom is -0.451 e. The second-order valence-corrected chi connectivity index (χ2v) is 11.5. The van der Waals surface area contributed by atoms with E-state index in [1.54, 1.807) is 6.92 Å². The summed E-state index contributed by atoms with van der Waals surface area (Å²) in [5.74, 6) is 0.584. The molecule has 4 aliphatic carbocycles. The number of benzene rings is 1. The van der Waals surface area contributed by atoms with Crippen LogP contribution in [0.4, 0.5) is 5.69 Å². The van der Waals surface area contributed by atoms with E-state index >= 15 is 0 Å². The van der Waals surface area contributed by atoms with Crippen LogP contribution in [-0.2, 0) is 19.1 Å². The van der Waals surface area contributed by atoms with Crippen molar-refractivity contribution >= 4 is 23.2 Å². The first-order valence-electron chi connectivity index (χ1n) is 13.0. The maximum atomic E-state index is 13.2. The molecule has 0 unspecified atom stereocenters. The Morgan fingerprint density at radius 2 is 1.74 bits per heavy atom. The van der Waals surface area contributed by atoms with Crippen molar-refractivity contribution in [2.75, 3.05) is 19.0 Å². The van der Waals surface area contributed by atoms with E-state index in [-0.39, 0.29) is 29.4 Å². The smallest absolute Gasteiger partial charge is 0.303 e. The Labute approximate surface area is 208 Å². The number of nitrogens with zero attached hydrogens (tertiary/aromatic N) is 1. The first kappa shape index (κ1) is 24.0. The van der Waals surface area contributed by atoms with Crippen molar-refractivity contribution < 1.29 is 19.1 Å². The van der Waals surface area contributed by atoms with E-state index in [1.807, 2.05) is 20.2 Å². The molecule has 0 amide bonds. The summed E-state index contributed by atoms with van der Waals surface area (Å²) in [6.45, 7) is 5.22. The van der Waals surface area contributed by atoms with Crippen molar-refractivity contribution in [3.05, 3.63) is 52.6 Å². The number of hydrogen-bond donors (Lipinski definition) is 0. The van der Waals surface area contributed by atoms with Gasteiger partial charge in [-0.2, -0.15) is 0 Å². The summed E-state index contributed by atoms with van der Waals surface area (Å²) < 4.78 is 6.00. The molecular formula is C30H37NO4. The number of rotatable bonds is 4. The summed E-state index contributed by atoms with van der Waals surface area (Å²) in [7, 11) is 4.08. The van der Waals surface area contributed by atoms with Crippen LogP contribution in [0, 0.1) is 17.3 Å². The van der Waals surface area contributed by atoms with Crippen LogP contribution < -0.4 is 4.90 Å². The molecule has 1 aromatic carbocycles. The van der Waals surface area contributed by atoms with Gasteiger partial charge in [0.2, 0.25) is 0 Å². The van der Waals surface area contributed by atoms with E-state index in [4.69, 9.17) is 4.74 Å². The third-order valence-electron chi connectivity index (χ3n) is 9.55. The van der Waals surface area contributed by atoms with Crippen LogP contribution in [0.1, 0.15) is 77.2 Å². The van der Waals surface area contributed by atoms with E-state index in [0.29, 0.717) is 18.8 Å². The first-order chi connectivity index (χ1) is 16.6. The molecule has 5 atom stereocenters. The number of ether oxygens (including phenoxy) is 1. The molecule has 0 saturated heterocycles. The molecule has 5 heteroatoms. The molecule has 5 nitrogen and oxygen atoms in total. The van der Waals surface area contributed by atoms with Crippen LogP contribution in [0.5, 0.6) is 0 Å². The van der Waals surface area contributed by atoms with Crippen molar-refractivity contribution in [3.8, 4) is 0 Å². The zero-order valence-electron chi connectivity index (χ0n) is 21.6. The number of allylic oxidation sites excluding steroid dienone is 4. The highest BCUT2D eigenvalue weighted by molar-refractivity contribution is 5.93. The van der Waals surface area contributed by atoms with Crippen molar-refractivity contribution in [1.82, 2.24) is 0 Å². The maximum Gasteiger partial charge on any atom is 0.303 e. The Balaban J connectivity index is 1.68. The summed E-state index contributed by atoms with van der Waals surface area (Å²) in [6, 6.07) is 8.76. The molecule has 0 aromatic heterocycles. The Morgan fingerprint density at radius 1 is 1.03 bits per heavy atom. The number of carbonyl (C=O) groups excluding carboxylic acids is 3. The van der Waals surface area contributed by atoms with Crippen molar-refractivity contribution in [2.24, 2.45) is 17.3 Å². The molecule has 0 N–H and O–H groups in total. The Morgan fingerprint density at radius 3 is 2.37 bits per heavy atom. The normalized spacial score (nSPS) is 33.9. The molecule has 0 radical (unpaired) electrons. The third kappa shape index (κ3) is 3.61. The van der Waals surface area contributed by atoms with E-state index in [1.165, 1.54) is 29.2 Å². The summed E-state index contributed by atoms with van der Waals surface area (Å²) in [6.07, 6.45) is 7.41. The number of fused-ring (bicyclic) bond motifs is 4. The second-order valence-electron chi connectivity index (χ2n) is 11.5. The molecule has 186 valence electrons. The van der Waals surface area contributed by atoms with Crippen LogP contribution >= 0.6 is 0 Å². The summed E-state index contributed by atoms with van der Waals surface area (Å²) in [5, 5.41) is 0. The number of Topliss-reactive ketones (excluding diaryl/α,β-unsaturated/α-hetero) is 1. The van der Waals surface area contributed by atoms with E-state index in [0.717, 1.165) is 37.8 Å². The van der Waals surface area contributed by atoms with Gasteiger partial charge in [-0.05, 0) is 92.2 Å². The largest absolute Gasteiger partial charge is 0.451 e. The van der Waals surface area contributed by atoms with Crippen molar-refractivity contribution in [2.45, 2.75) is 77.2 Å². The fraction of sp³-hybridized carbons (Fsp3) is 0.567. The average Bonchev–Trinajstić information content (AvgIpc) is 3.10. The minimum absolute atomic E-state index is 0.0323. The highest BCUT2D eigenvalue weighted by Gasteiger charge is 2.67. The second kappa shape index (κ2) is 8.46. The number of carbonyl (C=O) groups is 3. The van der Waals surface area contributed by atoms with Gasteiger partial charge >= 0.3 is 5.97 Å². The molecule has 0 bridgehead atoms. The molecule has 2 fully saturated rings. The molecule has 4 aliphatic rings. The Bertz CT molecular complexity index is 1140. The van der Waals surface area contributed by atoms with Crippen molar-refractivity contribution in [3.63, 3.8) is 0 Å². The van der Waals surface area contributed by atoms with Gasteiger partial charge in [0, 0.05) is 44.5 Å². The molecule has 0 spiro atoms. The lowest BCUT2D eigenvalue weighted by Gasteiger charge is -2.55. The number of hydrogen-bond acceptors (Lipinski definition) is 5. The van der Waals surface area contributed by atoms with Gasteiger partial charge in [0.1, 0.15) is 0 Å². The summed E-state index contributed by atoms with van der Waals surface area (Å²) in [5.41, 5.74) is 4.98. The number of anilines is 1. The summed E-state index contributed by atoms with van der Waals surface area (Å²) in [4.78, 5) is 39.8. The maximum absolute atomic E-state index is 13.2. The monoisotopic (exact) mass is 475 g/mol. The van der Waals surface area contributed by atoms with Gasteiger partial charge in [-0.25, -0.2) is 0 Å². The van der Waals surface area contributed by atoms with Gasteiger partial charge in [0.15, 0.2) is 17.2 Å². The van der Waals surface area contributed by atoms with E-state index in [2.05, 4.69) is 36.1 Å². The van der Waals surface area contributed by atoms with Gasteiger partial charge < -0.3 is 9.64 Å². The number of ketones is 2. The van der Waals surface area contributed by atoms with Gasteiger partial charge in [-0.3, -0.25) is 14.4 Å². The topological polar surface area (TPSA) is 63.7 Å². The lowest BCUT2D eigenvalue weighted by Crippen LogP contribution is -2.57. The predicted octanol–water partition coefficient (Wildman–Crippen LogP) is 5.54. The van der Waals surface area contributed by atoms with Gasteiger partial charge in [-0.1, -0.05) is 24.6 Å². The third-order valence-corrected chi connectivity index (χ3v) is 9.55. The first-order valence-corrected chi connectivity index (χ1v) is 13.0. The van der Waals surface area contributed by atoms with Crippen LogP contribution in [0.3, 0.4) is 0 Å². The molecule has 35 heavy (non-hydrogen) atoms. The fourth-order valence-corrected chi connectivity index (χ4v) is 8.02. The lowest BCUT2D eigenvalue weighted by atomic mass is 9.50. The molecule has 1 aromatic rings. The Kier molecular flexibility index (Phi) is 5.81. The highest BCUT2D eigenvalue weighted by atomic mass is 16.6. The van der Waals surface area contributed by atoms with Gasteiger partial charge in [-0.15, -0.1) is 0 Å².